The van der Waals surface area contributed by atoms with Gasteiger partial charge in [-0.05, 0) is 38.0 Å². The van der Waals surface area contributed by atoms with Crippen LogP contribution in [0.4, 0.5) is 0 Å². The van der Waals surface area contributed by atoms with E-state index >= 15 is 0 Å². The van der Waals surface area contributed by atoms with Crippen molar-refractivity contribution in [1.29, 1.82) is 0 Å². The van der Waals surface area contributed by atoms with Gasteiger partial charge in [-0.1, -0.05) is 89.4 Å². The number of hydrogen-bond acceptors (Lipinski definition) is 3. The summed E-state index contributed by atoms with van der Waals surface area (Å²) in [6, 6.07) is 0. The summed E-state index contributed by atoms with van der Waals surface area (Å²) in [6.45, 7) is 4.78. The highest BCUT2D eigenvalue weighted by Gasteiger charge is 2.04. The number of esters is 1. The minimum atomic E-state index is -0.261. The minimum absolute atomic E-state index is 0.0214. The molecule has 0 atom stereocenters. The van der Waals surface area contributed by atoms with Gasteiger partial charge in [-0.15, -0.1) is 0 Å². The normalized spacial score (nSPS) is 9.94. The van der Waals surface area contributed by atoms with Gasteiger partial charge >= 0.3 is 5.97 Å². The lowest BCUT2D eigenvalue weighted by molar-refractivity contribution is -0.143. The molecule has 0 aromatic heterocycles. The van der Waals surface area contributed by atoms with Crippen molar-refractivity contribution in [3.8, 4) is 23.7 Å². The van der Waals surface area contributed by atoms with Crippen LogP contribution in [0.1, 0.15) is 129 Å². The SMILES string of the molecule is CCCCCCCCCCC#CC#CCCCCCCCCC(=O)NCCC(=O)OCC. The van der Waals surface area contributed by atoms with Crippen LogP contribution in [0.15, 0.2) is 0 Å². The Hall–Kier alpha value is -1.94. The van der Waals surface area contributed by atoms with Crippen molar-refractivity contribution in [2.24, 2.45) is 0 Å². The van der Waals surface area contributed by atoms with Crippen molar-refractivity contribution in [2.45, 2.75) is 129 Å². The summed E-state index contributed by atoms with van der Waals surface area (Å²) in [7, 11) is 0. The summed E-state index contributed by atoms with van der Waals surface area (Å²) >= 11 is 0. The Morgan fingerprint density at radius 3 is 1.69 bits per heavy atom. The Labute approximate surface area is 198 Å². The molecule has 0 radical (unpaired) electrons. The van der Waals surface area contributed by atoms with E-state index in [9.17, 15) is 9.59 Å². The Bertz CT molecular complexity index is 577. The average Bonchev–Trinajstić information content (AvgIpc) is 2.78. The molecule has 0 bridgehead atoms. The maximum Gasteiger partial charge on any atom is 0.307 e. The van der Waals surface area contributed by atoms with Crippen LogP contribution in [0.2, 0.25) is 0 Å². The number of rotatable bonds is 20. The van der Waals surface area contributed by atoms with E-state index in [0.717, 1.165) is 38.5 Å². The summed E-state index contributed by atoms with van der Waals surface area (Å²) in [5.74, 6) is 12.1. The molecule has 0 aliphatic carbocycles. The molecule has 4 nitrogen and oxygen atoms in total. The summed E-state index contributed by atoms with van der Waals surface area (Å²) in [6.07, 6.45) is 20.0. The molecule has 1 N–H and O–H groups in total. The van der Waals surface area contributed by atoms with Crippen LogP contribution in [-0.4, -0.2) is 25.0 Å². The topological polar surface area (TPSA) is 55.4 Å². The van der Waals surface area contributed by atoms with E-state index in [1.54, 1.807) is 6.92 Å². The van der Waals surface area contributed by atoms with Crippen LogP contribution in [0.5, 0.6) is 0 Å². The summed E-state index contributed by atoms with van der Waals surface area (Å²) in [5.41, 5.74) is 0. The fraction of sp³-hybridized carbons (Fsp3) is 0.786. The largest absolute Gasteiger partial charge is 0.466 e. The van der Waals surface area contributed by atoms with E-state index < -0.39 is 0 Å². The molecule has 0 rings (SSSR count). The first-order valence-electron chi connectivity index (χ1n) is 13.1. The molecule has 0 heterocycles. The predicted molar refractivity (Wildman–Crippen MR) is 134 cm³/mol. The molecule has 4 heteroatoms. The van der Waals surface area contributed by atoms with Gasteiger partial charge in [-0.2, -0.15) is 0 Å². The number of amides is 1. The first-order chi connectivity index (χ1) is 15.7. The highest BCUT2D eigenvalue weighted by Crippen LogP contribution is 2.09. The van der Waals surface area contributed by atoms with Crippen molar-refractivity contribution in [2.75, 3.05) is 13.2 Å². The van der Waals surface area contributed by atoms with Gasteiger partial charge < -0.3 is 10.1 Å². The van der Waals surface area contributed by atoms with Crippen LogP contribution >= 0.6 is 0 Å². The molecule has 0 aliphatic heterocycles. The third kappa shape index (κ3) is 24.3. The number of carbonyl (C=O) groups excluding carboxylic acids is 2. The van der Waals surface area contributed by atoms with Gasteiger partial charge in [-0.3, -0.25) is 9.59 Å². The van der Waals surface area contributed by atoms with E-state index in [1.165, 1.54) is 64.2 Å². The van der Waals surface area contributed by atoms with Gasteiger partial charge in [-0.25, -0.2) is 0 Å². The predicted octanol–water partition coefficient (Wildman–Crippen LogP) is 6.71. The van der Waals surface area contributed by atoms with Crippen LogP contribution < -0.4 is 5.32 Å². The summed E-state index contributed by atoms with van der Waals surface area (Å²) in [5, 5.41) is 2.77. The average molecular weight is 446 g/mol. The fourth-order valence-electron chi connectivity index (χ4n) is 3.39. The Morgan fingerprint density at radius 1 is 0.656 bits per heavy atom. The van der Waals surface area contributed by atoms with E-state index in [1.807, 2.05) is 0 Å². The standard InChI is InChI=1S/C28H47NO3/c1-3-5-6-7-8-9-10-11-12-13-14-15-16-17-18-19-20-21-22-23-24-27(30)29-26-25-28(31)32-4-2/h3-12,17-26H2,1-2H3,(H,29,30). The van der Waals surface area contributed by atoms with Crippen LogP contribution in [-0.2, 0) is 14.3 Å². The first kappa shape index (κ1) is 30.1. The van der Waals surface area contributed by atoms with Gasteiger partial charge in [0.1, 0.15) is 0 Å². The molecular formula is C28H47NO3. The lowest BCUT2D eigenvalue weighted by Crippen LogP contribution is -2.26. The second-order valence-electron chi connectivity index (χ2n) is 8.35. The quantitative estimate of drug-likeness (QED) is 0.129. The maximum atomic E-state index is 11.7. The molecule has 0 aliphatic rings. The lowest BCUT2D eigenvalue weighted by Gasteiger charge is -2.05. The van der Waals surface area contributed by atoms with Gasteiger partial charge in [0.2, 0.25) is 5.91 Å². The van der Waals surface area contributed by atoms with Crippen molar-refractivity contribution in [3.63, 3.8) is 0 Å². The summed E-state index contributed by atoms with van der Waals surface area (Å²) in [4.78, 5) is 22.9. The van der Waals surface area contributed by atoms with Gasteiger partial charge in [0.05, 0.1) is 13.0 Å². The molecule has 0 aromatic rings. The lowest BCUT2D eigenvalue weighted by atomic mass is 10.1. The van der Waals surface area contributed by atoms with E-state index in [-0.39, 0.29) is 18.3 Å². The number of unbranched alkanes of at least 4 members (excludes halogenated alkanes) is 14. The van der Waals surface area contributed by atoms with Crippen molar-refractivity contribution >= 4 is 11.9 Å². The molecule has 182 valence electrons. The van der Waals surface area contributed by atoms with Crippen LogP contribution in [0.25, 0.3) is 0 Å². The summed E-state index contributed by atoms with van der Waals surface area (Å²) < 4.78 is 4.82. The highest BCUT2D eigenvalue weighted by molar-refractivity contribution is 5.76. The maximum absolute atomic E-state index is 11.7. The Balaban J connectivity index is 3.36. The number of ether oxygens (including phenoxy) is 1. The number of carbonyl (C=O) groups is 2. The zero-order valence-electron chi connectivity index (χ0n) is 20.9. The van der Waals surface area contributed by atoms with Crippen molar-refractivity contribution in [3.05, 3.63) is 0 Å². The molecule has 0 aromatic carbocycles. The molecule has 32 heavy (non-hydrogen) atoms. The third-order valence-corrected chi connectivity index (χ3v) is 5.31. The van der Waals surface area contributed by atoms with Gasteiger partial charge in [0.25, 0.3) is 0 Å². The molecule has 0 unspecified atom stereocenters. The molecule has 0 spiro atoms. The van der Waals surface area contributed by atoms with E-state index in [4.69, 9.17) is 4.74 Å². The number of hydrogen-bond donors (Lipinski definition) is 1. The molecule has 0 saturated carbocycles. The second kappa shape index (κ2) is 25.3. The van der Waals surface area contributed by atoms with Crippen molar-refractivity contribution in [1.82, 2.24) is 5.32 Å². The van der Waals surface area contributed by atoms with Crippen LogP contribution in [0, 0.1) is 23.7 Å². The minimum Gasteiger partial charge on any atom is -0.466 e. The zero-order chi connectivity index (χ0) is 23.5. The fourth-order valence-corrected chi connectivity index (χ4v) is 3.39. The first-order valence-corrected chi connectivity index (χ1v) is 13.1. The molecular weight excluding hydrogens is 398 g/mol. The monoisotopic (exact) mass is 445 g/mol. The highest BCUT2D eigenvalue weighted by atomic mass is 16.5. The van der Waals surface area contributed by atoms with Crippen LogP contribution in [0.3, 0.4) is 0 Å². The number of nitrogens with one attached hydrogen (secondary N) is 1. The Morgan fingerprint density at radius 2 is 1.16 bits per heavy atom. The zero-order valence-corrected chi connectivity index (χ0v) is 20.9. The molecule has 0 fully saturated rings. The molecule has 0 saturated heterocycles. The molecule has 1 amide bonds. The van der Waals surface area contributed by atoms with E-state index in [2.05, 4.69) is 35.9 Å². The van der Waals surface area contributed by atoms with E-state index in [0.29, 0.717) is 19.6 Å². The second-order valence-corrected chi connectivity index (χ2v) is 8.35. The third-order valence-electron chi connectivity index (χ3n) is 5.31. The Kier molecular flexibility index (Phi) is 23.8. The smallest absolute Gasteiger partial charge is 0.307 e. The van der Waals surface area contributed by atoms with Gasteiger partial charge in [0.15, 0.2) is 0 Å². The van der Waals surface area contributed by atoms with Crippen molar-refractivity contribution < 1.29 is 14.3 Å². The van der Waals surface area contributed by atoms with Gasteiger partial charge in [0, 0.05) is 25.8 Å².